The van der Waals surface area contributed by atoms with Gasteiger partial charge in [0, 0.05) is 51.0 Å². The molecule has 0 spiro atoms. The van der Waals surface area contributed by atoms with Gasteiger partial charge < -0.3 is 19.7 Å². The summed E-state index contributed by atoms with van der Waals surface area (Å²) in [6.07, 6.45) is 0. The summed E-state index contributed by atoms with van der Waals surface area (Å²) in [4.78, 5) is 44.9. The predicted octanol–water partition coefficient (Wildman–Crippen LogP) is 4.45. The van der Waals surface area contributed by atoms with Gasteiger partial charge in [-0.2, -0.15) is 0 Å². The van der Waals surface area contributed by atoms with E-state index in [1.54, 1.807) is 14.0 Å². The van der Waals surface area contributed by atoms with Crippen LogP contribution in [0.4, 0.5) is 4.79 Å². The summed E-state index contributed by atoms with van der Waals surface area (Å²) < 4.78 is 11.5. The van der Waals surface area contributed by atoms with Crippen LogP contribution in [0, 0.1) is 0 Å². The van der Waals surface area contributed by atoms with Crippen molar-refractivity contribution in [3.63, 3.8) is 0 Å². The molecule has 0 bridgehead atoms. The third-order valence-electron chi connectivity index (χ3n) is 7.30. The van der Waals surface area contributed by atoms with E-state index < -0.39 is 12.0 Å². The van der Waals surface area contributed by atoms with Crippen molar-refractivity contribution in [2.75, 3.05) is 46.4 Å². The molecule has 0 unspecified atom stereocenters. The highest BCUT2D eigenvalue weighted by molar-refractivity contribution is 5.95. The van der Waals surface area contributed by atoms with E-state index in [1.807, 2.05) is 89.8 Å². The zero-order valence-electron chi connectivity index (χ0n) is 23.3. The number of rotatable bonds is 8. The number of hydrogen-bond donors (Lipinski definition) is 1. The second-order valence-corrected chi connectivity index (χ2v) is 9.94. The van der Waals surface area contributed by atoms with Gasteiger partial charge in [0.25, 0.3) is 5.91 Å². The van der Waals surface area contributed by atoms with Crippen LogP contribution in [0.2, 0.25) is 0 Å². The van der Waals surface area contributed by atoms with Gasteiger partial charge in [-0.15, -0.1) is 0 Å². The molecular formula is C32H34N4O5. The number of esters is 1. The second-order valence-electron chi connectivity index (χ2n) is 9.94. The summed E-state index contributed by atoms with van der Waals surface area (Å²) in [7, 11) is 1.66. The molecule has 0 saturated carbocycles. The van der Waals surface area contributed by atoms with Crippen molar-refractivity contribution in [2.24, 2.45) is 0 Å². The molecule has 0 radical (unpaired) electrons. The number of carbonyl (C=O) groups excluding carboxylic acids is 3. The largest absolute Gasteiger partial charge is 0.463 e. The summed E-state index contributed by atoms with van der Waals surface area (Å²) in [5, 5.41) is 2.97. The Kier molecular flexibility index (Phi) is 8.64. The number of ether oxygens (including phenoxy) is 2. The molecular weight excluding hydrogens is 520 g/mol. The first kappa shape index (κ1) is 27.9. The molecule has 2 heterocycles. The summed E-state index contributed by atoms with van der Waals surface area (Å²) in [5.74, 6) is 0.796. The van der Waals surface area contributed by atoms with Crippen LogP contribution in [0.15, 0.2) is 96.2 Å². The first-order valence-electron chi connectivity index (χ1n) is 13.8. The van der Waals surface area contributed by atoms with Crippen LogP contribution in [0.1, 0.15) is 28.9 Å². The second kappa shape index (κ2) is 12.7. The Morgan fingerprint density at radius 2 is 1.54 bits per heavy atom. The predicted molar refractivity (Wildman–Crippen MR) is 154 cm³/mol. The average Bonchev–Trinajstić information content (AvgIpc) is 3.00. The SMILES string of the molecule is CCOC(=O)C1=C(CN2CCN(C(=O)c3ccccc3)CC2)N(C)C(=O)N[C@H]1c1cccc(Oc2ccccc2)c1. The third-order valence-corrected chi connectivity index (χ3v) is 7.30. The monoisotopic (exact) mass is 554 g/mol. The lowest BCUT2D eigenvalue weighted by molar-refractivity contribution is -0.139. The van der Waals surface area contributed by atoms with Crippen molar-refractivity contribution in [1.29, 1.82) is 0 Å². The zero-order chi connectivity index (χ0) is 28.8. The number of hydrogen-bond acceptors (Lipinski definition) is 6. The Labute approximate surface area is 239 Å². The minimum absolute atomic E-state index is 0.00325. The molecule has 1 saturated heterocycles. The topological polar surface area (TPSA) is 91.4 Å². The Bertz CT molecular complexity index is 1420. The van der Waals surface area contributed by atoms with E-state index in [1.165, 1.54) is 4.90 Å². The molecule has 41 heavy (non-hydrogen) atoms. The molecule has 2 aliphatic rings. The van der Waals surface area contributed by atoms with E-state index in [0.717, 1.165) is 0 Å². The van der Waals surface area contributed by atoms with Crippen LogP contribution in [0.5, 0.6) is 11.5 Å². The van der Waals surface area contributed by atoms with E-state index in [-0.39, 0.29) is 18.5 Å². The highest BCUT2D eigenvalue weighted by Crippen LogP contribution is 2.34. The number of benzene rings is 3. The lowest BCUT2D eigenvalue weighted by Crippen LogP contribution is -2.53. The number of likely N-dealkylation sites (N-methyl/N-ethyl adjacent to an activating group) is 1. The summed E-state index contributed by atoms with van der Waals surface area (Å²) in [6, 6.07) is 25.0. The molecule has 3 aromatic carbocycles. The smallest absolute Gasteiger partial charge is 0.338 e. The first-order chi connectivity index (χ1) is 19.9. The van der Waals surface area contributed by atoms with Crippen LogP contribution in [0.25, 0.3) is 0 Å². The molecule has 1 fully saturated rings. The van der Waals surface area contributed by atoms with Crippen molar-refractivity contribution in [2.45, 2.75) is 13.0 Å². The van der Waals surface area contributed by atoms with E-state index in [0.29, 0.717) is 66.6 Å². The maximum Gasteiger partial charge on any atom is 0.338 e. The molecule has 2 aliphatic heterocycles. The van der Waals surface area contributed by atoms with Gasteiger partial charge in [0.2, 0.25) is 0 Å². The molecule has 1 N–H and O–H groups in total. The molecule has 9 heteroatoms. The first-order valence-corrected chi connectivity index (χ1v) is 13.8. The maximum atomic E-state index is 13.4. The zero-order valence-corrected chi connectivity index (χ0v) is 23.3. The van der Waals surface area contributed by atoms with Crippen LogP contribution in [-0.4, -0.2) is 79.0 Å². The van der Waals surface area contributed by atoms with E-state index >= 15 is 0 Å². The molecule has 3 aromatic rings. The summed E-state index contributed by atoms with van der Waals surface area (Å²) >= 11 is 0. The van der Waals surface area contributed by atoms with Gasteiger partial charge in [-0.25, -0.2) is 9.59 Å². The number of nitrogens with one attached hydrogen (secondary N) is 1. The van der Waals surface area contributed by atoms with Gasteiger partial charge in [-0.05, 0) is 48.9 Å². The van der Waals surface area contributed by atoms with Crippen LogP contribution in [-0.2, 0) is 9.53 Å². The van der Waals surface area contributed by atoms with Crippen LogP contribution >= 0.6 is 0 Å². The number of carbonyl (C=O) groups is 3. The Morgan fingerprint density at radius 1 is 0.878 bits per heavy atom. The van der Waals surface area contributed by atoms with E-state index in [4.69, 9.17) is 9.47 Å². The normalized spacial score (nSPS) is 17.7. The number of nitrogens with zero attached hydrogens (tertiary/aromatic N) is 3. The van der Waals surface area contributed by atoms with Crippen molar-refractivity contribution in [1.82, 2.24) is 20.0 Å². The van der Waals surface area contributed by atoms with Crippen molar-refractivity contribution in [3.8, 4) is 11.5 Å². The lowest BCUT2D eigenvalue weighted by Gasteiger charge is -2.39. The van der Waals surface area contributed by atoms with E-state index in [9.17, 15) is 14.4 Å². The number of piperazine rings is 1. The quantitative estimate of drug-likeness (QED) is 0.414. The highest BCUT2D eigenvalue weighted by Gasteiger charge is 2.38. The van der Waals surface area contributed by atoms with Crippen LogP contribution < -0.4 is 10.1 Å². The minimum atomic E-state index is -0.715. The maximum absolute atomic E-state index is 13.4. The Hall–Kier alpha value is -4.63. The Morgan fingerprint density at radius 3 is 2.22 bits per heavy atom. The number of amides is 3. The third kappa shape index (κ3) is 6.41. The standard InChI is InChI=1S/C32H34N4O5/c1-3-40-31(38)28-27(22-35-17-19-36(20-18-35)30(37)23-11-6-4-7-12-23)34(2)32(39)33-29(28)24-13-10-16-26(21-24)41-25-14-8-5-9-15-25/h4-16,21,29H,3,17-20,22H2,1-2H3,(H,33,39)/t29-/m0/s1. The fraction of sp³-hybridized carbons (Fsp3) is 0.281. The Balaban J connectivity index is 1.39. The fourth-order valence-electron chi connectivity index (χ4n) is 5.11. The molecule has 0 aliphatic carbocycles. The van der Waals surface area contributed by atoms with Crippen molar-refractivity contribution >= 4 is 17.9 Å². The lowest BCUT2D eigenvalue weighted by atomic mass is 9.94. The molecule has 212 valence electrons. The molecule has 9 nitrogen and oxygen atoms in total. The molecule has 3 amide bonds. The van der Waals surface area contributed by atoms with Crippen molar-refractivity contribution in [3.05, 3.63) is 107 Å². The van der Waals surface area contributed by atoms with Gasteiger partial charge in [0.05, 0.1) is 18.2 Å². The van der Waals surface area contributed by atoms with Gasteiger partial charge in [-0.1, -0.05) is 48.5 Å². The number of para-hydroxylation sites is 1. The van der Waals surface area contributed by atoms with Gasteiger partial charge in [-0.3, -0.25) is 14.6 Å². The number of urea groups is 1. The van der Waals surface area contributed by atoms with Gasteiger partial charge in [0.15, 0.2) is 0 Å². The minimum Gasteiger partial charge on any atom is -0.463 e. The van der Waals surface area contributed by atoms with Crippen molar-refractivity contribution < 1.29 is 23.9 Å². The molecule has 1 atom stereocenters. The fourth-order valence-corrected chi connectivity index (χ4v) is 5.11. The molecule has 0 aromatic heterocycles. The average molecular weight is 555 g/mol. The summed E-state index contributed by atoms with van der Waals surface area (Å²) in [5.41, 5.74) is 2.33. The van der Waals surface area contributed by atoms with Gasteiger partial charge >= 0.3 is 12.0 Å². The molecule has 5 rings (SSSR count). The van der Waals surface area contributed by atoms with Crippen LogP contribution in [0.3, 0.4) is 0 Å². The highest BCUT2D eigenvalue weighted by atomic mass is 16.5. The van der Waals surface area contributed by atoms with E-state index in [2.05, 4.69) is 10.2 Å². The van der Waals surface area contributed by atoms with Gasteiger partial charge in [0.1, 0.15) is 11.5 Å². The summed E-state index contributed by atoms with van der Waals surface area (Å²) in [6.45, 7) is 4.65.